The Morgan fingerprint density at radius 1 is 1.43 bits per heavy atom. The van der Waals surface area contributed by atoms with Gasteiger partial charge in [0, 0.05) is 24.1 Å². The summed E-state index contributed by atoms with van der Waals surface area (Å²) in [6, 6.07) is 0.133. The third-order valence-electron chi connectivity index (χ3n) is 3.49. The molecule has 0 saturated heterocycles. The molecule has 0 unspecified atom stereocenters. The van der Waals surface area contributed by atoms with Crippen LogP contribution in [0.5, 0.6) is 0 Å². The van der Waals surface area contributed by atoms with E-state index in [9.17, 15) is 4.79 Å². The zero-order valence-electron chi connectivity index (χ0n) is 13.1. The van der Waals surface area contributed by atoms with Gasteiger partial charge in [-0.1, -0.05) is 11.6 Å². The molecule has 21 heavy (non-hydrogen) atoms. The predicted octanol–water partition coefficient (Wildman–Crippen LogP) is 2.67. The number of hydrogen-bond donors (Lipinski definition) is 1. The van der Waals surface area contributed by atoms with Crippen LogP contribution in [0.3, 0.4) is 0 Å². The van der Waals surface area contributed by atoms with Gasteiger partial charge < -0.3 is 10.2 Å². The monoisotopic (exact) mass is 310 g/mol. The molecule has 1 fully saturated rings. The third kappa shape index (κ3) is 4.06. The van der Waals surface area contributed by atoms with Crippen LogP contribution >= 0.6 is 11.6 Å². The summed E-state index contributed by atoms with van der Waals surface area (Å²) in [5.41, 5.74) is 0.834. The number of likely N-dealkylation sites (N-methyl/N-ethyl adjacent to an activating group) is 1. The minimum absolute atomic E-state index is 0.00560. The molecule has 1 aromatic heterocycles. The van der Waals surface area contributed by atoms with Gasteiger partial charge in [0.2, 0.25) is 5.91 Å². The van der Waals surface area contributed by atoms with Crippen molar-refractivity contribution in [2.45, 2.75) is 52.5 Å². The average Bonchev–Trinajstić information content (AvgIpc) is 3.22. The number of hydrogen-bond acceptors (Lipinski definition) is 4. The average molecular weight is 311 g/mol. The van der Waals surface area contributed by atoms with E-state index >= 15 is 0 Å². The van der Waals surface area contributed by atoms with Crippen molar-refractivity contribution in [2.75, 3.05) is 18.0 Å². The number of aromatic nitrogens is 2. The second kappa shape index (κ2) is 6.60. The Bertz CT molecular complexity index is 529. The van der Waals surface area contributed by atoms with Crippen molar-refractivity contribution in [2.24, 2.45) is 0 Å². The molecule has 1 heterocycles. The number of carbonyl (C=O) groups is 1. The summed E-state index contributed by atoms with van der Waals surface area (Å²) in [7, 11) is 0. The van der Waals surface area contributed by atoms with Crippen LogP contribution in [-0.4, -0.2) is 35.0 Å². The topological polar surface area (TPSA) is 58.1 Å². The molecule has 0 atom stereocenters. The largest absolute Gasteiger partial charge is 0.352 e. The zero-order valence-corrected chi connectivity index (χ0v) is 13.9. The van der Waals surface area contributed by atoms with Crippen LogP contribution in [0.25, 0.3) is 0 Å². The quantitative estimate of drug-likeness (QED) is 0.821. The van der Waals surface area contributed by atoms with Crippen LogP contribution in [-0.2, 0) is 4.79 Å². The highest BCUT2D eigenvalue weighted by Crippen LogP contribution is 2.39. The molecule has 1 aromatic rings. The molecule has 0 bridgehead atoms. The predicted molar refractivity (Wildman–Crippen MR) is 84.9 cm³/mol. The third-order valence-corrected chi connectivity index (χ3v) is 3.85. The van der Waals surface area contributed by atoms with Gasteiger partial charge >= 0.3 is 0 Å². The van der Waals surface area contributed by atoms with E-state index < -0.39 is 0 Å². The van der Waals surface area contributed by atoms with Crippen molar-refractivity contribution in [3.05, 3.63) is 16.5 Å². The van der Waals surface area contributed by atoms with Crippen molar-refractivity contribution in [3.63, 3.8) is 0 Å². The Morgan fingerprint density at radius 3 is 2.62 bits per heavy atom. The minimum Gasteiger partial charge on any atom is -0.352 e. The lowest BCUT2D eigenvalue weighted by Crippen LogP contribution is -2.40. The smallest absolute Gasteiger partial charge is 0.239 e. The van der Waals surface area contributed by atoms with E-state index in [1.165, 1.54) is 0 Å². The first kappa shape index (κ1) is 16.0. The second-order valence-corrected chi connectivity index (χ2v) is 6.19. The van der Waals surface area contributed by atoms with Crippen molar-refractivity contribution < 1.29 is 4.79 Å². The van der Waals surface area contributed by atoms with Gasteiger partial charge in [0.05, 0.1) is 6.54 Å². The summed E-state index contributed by atoms with van der Waals surface area (Å²) < 4.78 is 0. The maximum absolute atomic E-state index is 12.0. The van der Waals surface area contributed by atoms with Crippen molar-refractivity contribution in [1.29, 1.82) is 0 Å². The second-order valence-electron chi connectivity index (χ2n) is 5.83. The van der Waals surface area contributed by atoms with Crippen LogP contribution in [0.4, 0.5) is 5.82 Å². The Hall–Kier alpha value is -1.36. The van der Waals surface area contributed by atoms with E-state index in [1.54, 1.807) is 0 Å². The fourth-order valence-corrected chi connectivity index (χ4v) is 2.37. The normalized spacial score (nSPS) is 14.4. The van der Waals surface area contributed by atoms with Gasteiger partial charge in [0.15, 0.2) is 0 Å². The van der Waals surface area contributed by atoms with Gasteiger partial charge in [0.1, 0.15) is 16.8 Å². The molecule has 1 aliphatic carbocycles. The summed E-state index contributed by atoms with van der Waals surface area (Å²) in [5.74, 6) is 2.01. The van der Waals surface area contributed by atoms with Crippen LogP contribution in [0.1, 0.15) is 50.9 Å². The Labute approximate surface area is 131 Å². The lowest BCUT2D eigenvalue weighted by atomic mass is 10.2. The fraction of sp³-hybridized carbons (Fsp3) is 0.667. The lowest BCUT2D eigenvalue weighted by molar-refractivity contribution is -0.120. The Kier molecular flexibility index (Phi) is 5.04. The van der Waals surface area contributed by atoms with Gasteiger partial charge in [-0.15, -0.1) is 0 Å². The number of amides is 1. The van der Waals surface area contributed by atoms with E-state index in [1.807, 2.05) is 32.6 Å². The molecule has 0 aliphatic heterocycles. The van der Waals surface area contributed by atoms with E-state index in [4.69, 9.17) is 11.6 Å². The summed E-state index contributed by atoms with van der Waals surface area (Å²) in [4.78, 5) is 23.0. The lowest BCUT2D eigenvalue weighted by Gasteiger charge is -2.24. The number of halogens is 1. The molecule has 0 spiro atoms. The van der Waals surface area contributed by atoms with Crippen LogP contribution < -0.4 is 10.2 Å². The molecule has 0 aromatic carbocycles. The first-order valence-corrected chi connectivity index (χ1v) is 7.88. The molecule has 1 N–H and O–H groups in total. The number of carbonyl (C=O) groups excluding carboxylic acids is 1. The van der Waals surface area contributed by atoms with E-state index in [-0.39, 0.29) is 18.5 Å². The van der Waals surface area contributed by atoms with Crippen LogP contribution in [0.2, 0.25) is 5.15 Å². The maximum atomic E-state index is 12.0. The number of nitrogens with one attached hydrogen (secondary N) is 1. The maximum Gasteiger partial charge on any atom is 0.239 e. The molecule has 6 heteroatoms. The molecule has 1 saturated carbocycles. The molecular weight excluding hydrogens is 288 g/mol. The fourth-order valence-electron chi connectivity index (χ4n) is 2.20. The first-order valence-electron chi connectivity index (χ1n) is 7.50. The number of anilines is 1. The molecule has 0 radical (unpaired) electrons. The summed E-state index contributed by atoms with van der Waals surface area (Å²) >= 11 is 6.23. The van der Waals surface area contributed by atoms with Gasteiger partial charge in [0.25, 0.3) is 0 Å². The van der Waals surface area contributed by atoms with E-state index in [0.717, 1.165) is 30.0 Å². The minimum atomic E-state index is -0.00560. The molecule has 1 aliphatic rings. The molecular formula is C15H23ClN4O. The van der Waals surface area contributed by atoms with Crippen LogP contribution in [0.15, 0.2) is 0 Å². The number of nitrogens with zero attached hydrogens (tertiary/aromatic N) is 3. The number of rotatable bonds is 6. The SMILES string of the molecule is CCN(CC(=O)NC(C)C)c1nc(C2CC2)nc(Cl)c1C. The first-order chi connectivity index (χ1) is 9.92. The Morgan fingerprint density at radius 2 is 2.10 bits per heavy atom. The van der Waals surface area contributed by atoms with E-state index in [0.29, 0.717) is 17.6 Å². The van der Waals surface area contributed by atoms with Gasteiger partial charge in [-0.3, -0.25) is 4.79 Å². The van der Waals surface area contributed by atoms with E-state index in [2.05, 4.69) is 15.3 Å². The highest BCUT2D eigenvalue weighted by atomic mass is 35.5. The Balaban J connectivity index is 2.22. The van der Waals surface area contributed by atoms with Crippen molar-refractivity contribution >= 4 is 23.3 Å². The molecule has 1 amide bonds. The molecule has 116 valence electrons. The van der Waals surface area contributed by atoms with Crippen molar-refractivity contribution in [3.8, 4) is 0 Å². The zero-order chi connectivity index (χ0) is 15.6. The van der Waals surface area contributed by atoms with Crippen molar-refractivity contribution in [1.82, 2.24) is 15.3 Å². The molecule has 2 rings (SSSR count). The van der Waals surface area contributed by atoms with Gasteiger partial charge in [-0.25, -0.2) is 9.97 Å². The summed E-state index contributed by atoms with van der Waals surface area (Å²) in [6.07, 6.45) is 2.25. The highest BCUT2D eigenvalue weighted by Gasteiger charge is 2.29. The van der Waals surface area contributed by atoms with Gasteiger partial charge in [-0.2, -0.15) is 0 Å². The summed E-state index contributed by atoms with van der Waals surface area (Å²) in [6.45, 7) is 8.79. The van der Waals surface area contributed by atoms with Crippen LogP contribution in [0, 0.1) is 6.92 Å². The standard InChI is InChI=1S/C15H23ClN4O/c1-5-20(8-12(21)17-9(2)3)15-10(4)13(16)18-14(19-15)11-6-7-11/h9,11H,5-8H2,1-4H3,(H,17,21). The highest BCUT2D eigenvalue weighted by molar-refractivity contribution is 6.30. The summed E-state index contributed by atoms with van der Waals surface area (Å²) in [5, 5.41) is 3.39. The van der Waals surface area contributed by atoms with Gasteiger partial charge in [-0.05, 0) is 40.5 Å². The molecule has 5 nitrogen and oxygen atoms in total.